The Kier molecular flexibility index (Phi) is 3.96. The molecule has 114 valence electrons. The van der Waals surface area contributed by atoms with E-state index in [1.807, 2.05) is 30.3 Å². The molecule has 1 saturated heterocycles. The first-order chi connectivity index (χ1) is 10.6. The van der Waals surface area contributed by atoms with E-state index in [-0.39, 0.29) is 5.60 Å². The lowest BCUT2D eigenvalue weighted by Gasteiger charge is -2.49. The Labute approximate surface area is 130 Å². The van der Waals surface area contributed by atoms with E-state index in [0.717, 1.165) is 25.2 Å². The standard InChI is InChI=1S/C18H19NO3/c1-22-18(16-5-3-2-4-6-16)12-19(13-18)11-14-7-9-15(10-8-14)17(20)21/h2-10H,11-13H2,1H3,(H,20,21). The van der Waals surface area contributed by atoms with Crippen molar-refractivity contribution in [3.63, 3.8) is 0 Å². The lowest BCUT2D eigenvalue weighted by atomic mass is 9.85. The molecular formula is C18H19NO3. The first-order valence-corrected chi connectivity index (χ1v) is 7.28. The summed E-state index contributed by atoms with van der Waals surface area (Å²) in [4.78, 5) is 13.2. The Morgan fingerprint density at radius 1 is 1.14 bits per heavy atom. The van der Waals surface area contributed by atoms with Crippen molar-refractivity contribution >= 4 is 5.97 Å². The summed E-state index contributed by atoms with van der Waals surface area (Å²) in [6.07, 6.45) is 0. The van der Waals surface area contributed by atoms with Crippen LogP contribution in [-0.4, -0.2) is 36.2 Å². The number of likely N-dealkylation sites (tertiary alicyclic amines) is 1. The molecule has 22 heavy (non-hydrogen) atoms. The fourth-order valence-corrected chi connectivity index (χ4v) is 2.97. The predicted octanol–water partition coefficient (Wildman–Crippen LogP) is 2.74. The molecule has 4 heteroatoms. The van der Waals surface area contributed by atoms with Crippen molar-refractivity contribution in [3.05, 3.63) is 71.3 Å². The van der Waals surface area contributed by atoms with Crippen molar-refractivity contribution in [1.29, 1.82) is 0 Å². The Bertz CT molecular complexity index is 646. The average molecular weight is 297 g/mol. The van der Waals surface area contributed by atoms with Crippen LogP contribution in [0.1, 0.15) is 21.5 Å². The van der Waals surface area contributed by atoms with Crippen LogP contribution < -0.4 is 0 Å². The number of hydrogen-bond donors (Lipinski definition) is 1. The third-order valence-corrected chi connectivity index (χ3v) is 4.26. The SMILES string of the molecule is COC1(c2ccccc2)CN(Cc2ccc(C(=O)O)cc2)C1. The van der Waals surface area contributed by atoms with Crippen LogP contribution in [0, 0.1) is 0 Å². The van der Waals surface area contributed by atoms with Gasteiger partial charge in [-0.1, -0.05) is 42.5 Å². The summed E-state index contributed by atoms with van der Waals surface area (Å²) < 4.78 is 5.76. The number of methoxy groups -OCH3 is 1. The van der Waals surface area contributed by atoms with Gasteiger partial charge in [-0.05, 0) is 23.3 Å². The van der Waals surface area contributed by atoms with E-state index in [9.17, 15) is 4.79 Å². The second-order valence-electron chi connectivity index (χ2n) is 5.71. The van der Waals surface area contributed by atoms with Crippen LogP contribution in [0.25, 0.3) is 0 Å². The van der Waals surface area contributed by atoms with Gasteiger partial charge >= 0.3 is 5.97 Å². The Morgan fingerprint density at radius 3 is 2.32 bits per heavy atom. The summed E-state index contributed by atoms with van der Waals surface area (Å²) in [6.45, 7) is 2.49. The lowest BCUT2D eigenvalue weighted by molar-refractivity contribution is -0.134. The van der Waals surface area contributed by atoms with Crippen LogP contribution >= 0.6 is 0 Å². The van der Waals surface area contributed by atoms with Gasteiger partial charge in [0, 0.05) is 26.7 Å². The summed E-state index contributed by atoms with van der Waals surface area (Å²) in [5.74, 6) is -0.891. The van der Waals surface area contributed by atoms with Crippen LogP contribution in [-0.2, 0) is 16.9 Å². The van der Waals surface area contributed by atoms with Crippen molar-refractivity contribution in [3.8, 4) is 0 Å². The van der Waals surface area contributed by atoms with Gasteiger partial charge in [0.15, 0.2) is 0 Å². The minimum atomic E-state index is -0.891. The van der Waals surface area contributed by atoms with Gasteiger partial charge in [-0.15, -0.1) is 0 Å². The maximum Gasteiger partial charge on any atom is 0.335 e. The maximum atomic E-state index is 10.9. The van der Waals surface area contributed by atoms with Gasteiger partial charge in [0.25, 0.3) is 0 Å². The molecule has 1 aliphatic rings. The molecule has 1 heterocycles. The van der Waals surface area contributed by atoms with Crippen molar-refractivity contribution in [2.24, 2.45) is 0 Å². The van der Waals surface area contributed by atoms with Gasteiger partial charge in [-0.2, -0.15) is 0 Å². The van der Waals surface area contributed by atoms with Gasteiger partial charge in [-0.25, -0.2) is 4.79 Å². The second kappa shape index (κ2) is 5.91. The van der Waals surface area contributed by atoms with Gasteiger partial charge in [0.1, 0.15) is 5.60 Å². The topological polar surface area (TPSA) is 49.8 Å². The quantitative estimate of drug-likeness (QED) is 0.922. The number of carbonyl (C=O) groups is 1. The largest absolute Gasteiger partial charge is 0.478 e. The van der Waals surface area contributed by atoms with Crippen molar-refractivity contribution in [1.82, 2.24) is 4.90 Å². The predicted molar refractivity (Wildman–Crippen MR) is 83.8 cm³/mol. The molecule has 1 aliphatic heterocycles. The molecule has 0 aliphatic carbocycles. The highest BCUT2D eigenvalue weighted by Crippen LogP contribution is 2.35. The number of hydrogen-bond acceptors (Lipinski definition) is 3. The lowest BCUT2D eigenvalue weighted by Crippen LogP contribution is -2.59. The zero-order chi connectivity index (χ0) is 15.6. The highest BCUT2D eigenvalue weighted by atomic mass is 16.5. The second-order valence-corrected chi connectivity index (χ2v) is 5.71. The number of benzene rings is 2. The normalized spacial score (nSPS) is 17.0. The number of aromatic carboxylic acids is 1. The third-order valence-electron chi connectivity index (χ3n) is 4.26. The zero-order valence-electron chi connectivity index (χ0n) is 12.5. The molecule has 4 nitrogen and oxygen atoms in total. The molecule has 0 atom stereocenters. The molecule has 0 amide bonds. The number of rotatable bonds is 5. The van der Waals surface area contributed by atoms with Crippen molar-refractivity contribution < 1.29 is 14.6 Å². The number of carboxylic acids is 1. The Hall–Kier alpha value is -2.17. The highest BCUT2D eigenvalue weighted by Gasteiger charge is 2.44. The van der Waals surface area contributed by atoms with E-state index in [0.29, 0.717) is 5.56 Å². The maximum absolute atomic E-state index is 10.9. The molecule has 1 fully saturated rings. The molecule has 0 radical (unpaired) electrons. The fourth-order valence-electron chi connectivity index (χ4n) is 2.97. The van der Waals surface area contributed by atoms with Crippen LogP contribution in [0.4, 0.5) is 0 Å². The summed E-state index contributed by atoms with van der Waals surface area (Å²) in [7, 11) is 1.76. The number of nitrogens with zero attached hydrogens (tertiary/aromatic N) is 1. The third kappa shape index (κ3) is 2.75. The molecule has 2 aromatic rings. The first kappa shape index (κ1) is 14.8. The molecule has 3 rings (SSSR count). The first-order valence-electron chi connectivity index (χ1n) is 7.28. The number of ether oxygens (including phenoxy) is 1. The Balaban J connectivity index is 1.64. The van der Waals surface area contributed by atoms with E-state index < -0.39 is 5.97 Å². The highest BCUT2D eigenvalue weighted by molar-refractivity contribution is 5.87. The van der Waals surface area contributed by atoms with Gasteiger partial charge in [0.2, 0.25) is 0 Å². The van der Waals surface area contributed by atoms with Gasteiger partial charge in [0.05, 0.1) is 5.56 Å². The monoisotopic (exact) mass is 297 g/mol. The molecule has 0 bridgehead atoms. The summed E-state index contributed by atoms with van der Waals surface area (Å²) >= 11 is 0. The molecule has 1 N–H and O–H groups in total. The van der Waals surface area contributed by atoms with Gasteiger partial charge in [-0.3, -0.25) is 4.90 Å². The van der Waals surface area contributed by atoms with Crippen LogP contribution in [0.15, 0.2) is 54.6 Å². The summed E-state index contributed by atoms with van der Waals surface area (Å²) in [6, 6.07) is 17.3. The zero-order valence-corrected chi connectivity index (χ0v) is 12.5. The molecular weight excluding hydrogens is 278 g/mol. The van der Waals surface area contributed by atoms with Crippen molar-refractivity contribution in [2.75, 3.05) is 20.2 Å². The summed E-state index contributed by atoms with van der Waals surface area (Å²) in [5, 5.41) is 8.91. The van der Waals surface area contributed by atoms with Crippen LogP contribution in [0.2, 0.25) is 0 Å². The summed E-state index contributed by atoms with van der Waals surface area (Å²) in [5.41, 5.74) is 2.42. The van der Waals surface area contributed by atoms with E-state index in [1.165, 1.54) is 5.56 Å². The minimum Gasteiger partial charge on any atom is -0.478 e. The fraction of sp³-hybridized carbons (Fsp3) is 0.278. The average Bonchev–Trinajstić information content (AvgIpc) is 2.52. The van der Waals surface area contributed by atoms with Crippen LogP contribution in [0.3, 0.4) is 0 Å². The van der Waals surface area contributed by atoms with Crippen LogP contribution in [0.5, 0.6) is 0 Å². The van der Waals surface area contributed by atoms with E-state index in [4.69, 9.17) is 9.84 Å². The van der Waals surface area contributed by atoms with E-state index in [2.05, 4.69) is 17.0 Å². The molecule has 0 saturated carbocycles. The molecule has 2 aromatic carbocycles. The smallest absolute Gasteiger partial charge is 0.335 e. The number of carboxylic acid groups (broad SMARTS) is 1. The Morgan fingerprint density at radius 2 is 1.77 bits per heavy atom. The van der Waals surface area contributed by atoms with E-state index >= 15 is 0 Å². The molecule has 0 unspecified atom stereocenters. The molecule has 0 aromatic heterocycles. The van der Waals surface area contributed by atoms with Crippen molar-refractivity contribution in [2.45, 2.75) is 12.1 Å². The van der Waals surface area contributed by atoms with E-state index in [1.54, 1.807) is 19.2 Å². The molecule has 0 spiro atoms. The van der Waals surface area contributed by atoms with Gasteiger partial charge < -0.3 is 9.84 Å². The minimum absolute atomic E-state index is 0.220.